The minimum absolute atomic E-state index is 0.0755. The van der Waals surface area contributed by atoms with E-state index in [4.69, 9.17) is 14.2 Å². The maximum absolute atomic E-state index is 12.6. The minimum Gasteiger partial charge on any atom is -0.492 e. The van der Waals surface area contributed by atoms with Crippen LogP contribution in [-0.2, 0) is 16.0 Å². The van der Waals surface area contributed by atoms with Crippen LogP contribution in [-0.4, -0.2) is 60.8 Å². The lowest BCUT2D eigenvalue weighted by molar-refractivity contribution is -0.274. The summed E-state index contributed by atoms with van der Waals surface area (Å²) >= 11 is 0. The van der Waals surface area contributed by atoms with Gasteiger partial charge in [0.05, 0.1) is 6.54 Å². The van der Waals surface area contributed by atoms with Crippen molar-refractivity contribution in [2.24, 2.45) is 5.92 Å². The number of carbonyl (C=O) groups is 2. The number of carbonyl (C=O) groups excluding carboxylic acids is 1. The molecule has 0 fully saturated rings. The van der Waals surface area contributed by atoms with Gasteiger partial charge in [-0.05, 0) is 54.8 Å². The normalized spacial score (nSPS) is 12.2. The maximum atomic E-state index is 12.6. The number of ether oxygens (including phenoxy) is 4. The molecule has 36 heavy (non-hydrogen) atoms. The number of amides is 1. The number of carboxylic acid groups (broad SMARTS) is 1. The fourth-order valence-electron chi connectivity index (χ4n) is 3.20. The molecule has 1 unspecified atom stereocenters. The van der Waals surface area contributed by atoms with Crippen LogP contribution >= 0.6 is 0 Å². The van der Waals surface area contributed by atoms with Gasteiger partial charge in [0, 0.05) is 19.6 Å². The molecule has 0 aromatic heterocycles. The lowest BCUT2D eigenvalue weighted by Gasteiger charge is -2.24. The molecule has 11 heteroatoms. The first-order valence-electron chi connectivity index (χ1n) is 11.4. The predicted octanol–water partition coefficient (Wildman–Crippen LogP) is 5.15. The van der Waals surface area contributed by atoms with E-state index in [2.05, 4.69) is 4.74 Å². The number of alkyl halides is 3. The van der Waals surface area contributed by atoms with Crippen LogP contribution in [0.3, 0.4) is 0 Å². The summed E-state index contributed by atoms with van der Waals surface area (Å²) in [6.07, 6.45) is -6.17. The summed E-state index contributed by atoms with van der Waals surface area (Å²) in [5, 5.41) is 9.20. The third kappa shape index (κ3) is 10.4. The van der Waals surface area contributed by atoms with E-state index >= 15 is 0 Å². The Balaban J connectivity index is 1.90. The van der Waals surface area contributed by atoms with Crippen molar-refractivity contribution in [2.45, 2.75) is 39.7 Å². The van der Waals surface area contributed by atoms with Crippen LogP contribution in [0.15, 0.2) is 48.5 Å². The topological polar surface area (TPSA) is 94.5 Å². The number of halogens is 3. The molecule has 1 amide bonds. The summed E-state index contributed by atoms with van der Waals surface area (Å²) in [7, 11) is 0. The number of hydrogen-bond acceptors (Lipinski definition) is 6. The molecular weight excluding hydrogens is 483 g/mol. The molecule has 0 aliphatic heterocycles. The van der Waals surface area contributed by atoms with Crippen LogP contribution in [0.4, 0.5) is 18.0 Å². The molecule has 2 aromatic carbocycles. The molecule has 0 spiro atoms. The molecule has 198 valence electrons. The summed E-state index contributed by atoms with van der Waals surface area (Å²) in [6, 6.07) is 11.4. The summed E-state index contributed by atoms with van der Waals surface area (Å²) in [6.45, 7) is 6.63. The van der Waals surface area contributed by atoms with Crippen LogP contribution in [0.25, 0.3) is 0 Å². The summed E-state index contributed by atoms with van der Waals surface area (Å²) in [5.41, 5.74) is 0.778. The van der Waals surface area contributed by atoms with Crippen molar-refractivity contribution in [1.29, 1.82) is 0 Å². The smallest absolute Gasteiger partial charge is 0.492 e. The van der Waals surface area contributed by atoms with E-state index in [-0.39, 0.29) is 31.2 Å². The van der Waals surface area contributed by atoms with Crippen LogP contribution in [0.5, 0.6) is 17.2 Å². The molecule has 2 rings (SSSR count). The van der Waals surface area contributed by atoms with Gasteiger partial charge < -0.3 is 29.0 Å². The first-order valence-corrected chi connectivity index (χ1v) is 11.4. The quantitative estimate of drug-likeness (QED) is 0.396. The average Bonchev–Trinajstić information content (AvgIpc) is 2.79. The largest absolute Gasteiger partial charge is 0.573 e. The Labute approximate surface area is 207 Å². The fourth-order valence-corrected chi connectivity index (χ4v) is 3.20. The van der Waals surface area contributed by atoms with Crippen molar-refractivity contribution in [3.8, 4) is 17.2 Å². The van der Waals surface area contributed by atoms with Crippen molar-refractivity contribution in [1.82, 2.24) is 4.90 Å². The number of rotatable bonds is 13. The predicted molar refractivity (Wildman–Crippen MR) is 124 cm³/mol. The van der Waals surface area contributed by atoms with Gasteiger partial charge in [-0.2, -0.15) is 0 Å². The van der Waals surface area contributed by atoms with E-state index in [9.17, 15) is 27.9 Å². The summed E-state index contributed by atoms with van der Waals surface area (Å²) in [4.78, 5) is 25.3. The fraction of sp³-hybridized carbons (Fsp3) is 0.440. The first-order chi connectivity index (χ1) is 17.0. The van der Waals surface area contributed by atoms with Crippen molar-refractivity contribution in [3.05, 3.63) is 54.1 Å². The minimum atomic E-state index is -4.81. The molecule has 0 heterocycles. The number of benzene rings is 2. The van der Waals surface area contributed by atoms with Gasteiger partial charge in [0.2, 0.25) is 0 Å². The number of carboxylic acids is 1. The SMILES string of the molecule is CCOC(Cc1ccc(OCCN(CC(C)C)C(=O)Oc2ccc(OC(F)(F)F)cc2)cc1)C(=O)O. The van der Waals surface area contributed by atoms with Gasteiger partial charge in [-0.1, -0.05) is 26.0 Å². The van der Waals surface area contributed by atoms with Crippen molar-refractivity contribution in [2.75, 3.05) is 26.3 Å². The van der Waals surface area contributed by atoms with E-state index in [1.54, 1.807) is 31.2 Å². The molecule has 0 aliphatic rings. The van der Waals surface area contributed by atoms with Gasteiger partial charge in [-0.3, -0.25) is 0 Å². The average molecular weight is 514 g/mol. The summed E-state index contributed by atoms with van der Waals surface area (Å²) < 4.78 is 56.9. The lowest BCUT2D eigenvalue weighted by Crippen LogP contribution is -2.39. The van der Waals surface area contributed by atoms with Crippen molar-refractivity contribution < 1.29 is 46.8 Å². The van der Waals surface area contributed by atoms with E-state index in [1.807, 2.05) is 13.8 Å². The molecule has 0 radical (unpaired) electrons. The first kappa shape index (κ1) is 28.8. The van der Waals surface area contributed by atoms with E-state index < -0.39 is 30.3 Å². The monoisotopic (exact) mass is 513 g/mol. The van der Waals surface area contributed by atoms with Gasteiger partial charge in [-0.15, -0.1) is 13.2 Å². The van der Waals surface area contributed by atoms with Gasteiger partial charge in [-0.25, -0.2) is 9.59 Å². The van der Waals surface area contributed by atoms with Crippen LogP contribution in [0.2, 0.25) is 0 Å². The van der Waals surface area contributed by atoms with Crippen molar-refractivity contribution in [3.63, 3.8) is 0 Å². The summed E-state index contributed by atoms with van der Waals surface area (Å²) in [5.74, 6) is -0.699. The third-order valence-corrected chi connectivity index (χ3v) is 4.72. The number of hydrogen-bond donors (Lipinski definition) is 1. The van der Waals surface area contributed by atoms with Gasteiger partial charge in [0.25, 0.3) is 0 Å². The Hall–Kier alpha value is -3.47. The van der Waals surface area contributed by atoms with E-state index in [0.29, 0.717) is 18.9 Å². The molecule has 0 aliphatic carbocycles. The zero-order chi connectivity index (χ0) is 26.7. The number of nitrogens with zero attached hydrogens (tertiary/aromatic N) is 1. The molecule has 0 saturated carbocycles. The highest BCUT2D eigenvalue weighted by molar-refractivity contribution is 5.72. The molecule has 1 atom stereocenters. The van der Waals surface area contributed by atoms with Crippen LogP contribution in [0, 0.1) is 5.92 Å². The highest BCUT2D eigenvalue weighted by atomic mass is 19.4. The Morgan fingerprint density at radius 2 is 1.56 bits per heavy atom. The zero-order valence-electron chi connectivity index (χ0n) is 20.3. The Kier molecular flexibility index (Phi) is 10.8. The van der Waals surface area contributed by atoms with Crippen molar-refractivity contribution >= 4 is 12.1 Å². The highest BCUT2D eigenvalue weighted by Crippen LogP contribution is 2.25. The van der Waals surface area contributed by atoms with Crippen LogP contribution < -0.4 is 14.2 Å². The third-order valence-electron chi connectivity index (χ3n) is 4.72. The molecule has 8 nitrogen and oxygen atoms in total. The van der Waals surface area contributed by atoms with E-state index in [0.717, 1.165) is 17.7 Å². The zero-order valence-corrected chi connectivity index (χ0v) is 20.3. The highest BCUT2D eigenvalue weighted by Gasteiger charge is 2.31. The maximum Gasteiger partial charge on any atom is 0.573 e. The van der Waals surface area contributed by atoms with E-state index in [1.165, 1.54) is 17.0 Å². The standard InChI is InChI=1S/C25H30F3NO7/c1-4-33-22(23(30)31)15-18-5-7-19(8-6-18)34-14-13-29(16-17(2)3)24(32)35-20-9-11-21(12-10-20)36-25(26,27)28/h5-12,17,22H,4,13-16H2,1-3H3,(H,30,31). The second-order valence-electron chi connectivity index (χ2n) is 8.21. The second kappa shape index (κ2) is 13.6. The van der Waals surface area contributed by atoms with Gasteiger partial charge in [0.1, 0.15) is 23.9 Å². The van der Waals surface area contributed by atoms with Gasteiger partial charge in [0.15, 0.2) is 6.10 Å². The molecule has 2 aromatic rings. The van der Waals surface area contributed by atoms with Crippen LogP contribution in [0.1, 0.15) is 26.3 Å². The molecule has 1 N–H and O–H groups in total. The lowest BCUT2D eigenvalue weighted by atomic mass is 10.1. The number of aliphatic carboxylic acids is 1. The van der Waals surface area contributed by atoms with Gasteiger partial charge >= 0.3 is 18.4 Å². The second-order valence-corrected chi connectivity index (χ2v) is 8.21. The molecular formula is C25H30F3NO7. The molecule has 0 saturated heterocycles. The Morgan fingerprint density at radius 1 is 0.972 bits per heavy atom. The Morgan fingerprint density at radius 3 is 2.08 bits per heavy atom. The molecule has 0 bridgehead atoms. The Bertz CT molecular complexity index is 963.